The molecule has 3 heteroatoms. The second-order valence-corrected chi connectivity index (χ2v) is 6.24. The number of nitrogens with zero attached hydrogens (tertiary/aromatic N) is 1. The van der Waals surface area contributed by atoms with Gasteiger partial charge in [-0.05, 0) is 57.9 Å². The molecule has 1 aliphatic carbocycles. The van der Waals surface area contributed by atoms with E-state index in [1.807, 2.05) is 0 Å². The minimum atomic E-state index is 0.210. The molecule has 2 aliphatic rings. The summed E-state index contributed by atoms with van der Waals surface area (Å²) in [5.74, 6) is 0.210. The standard InChI is InChI=1S/C17H30N2O/c1-2-16-10-6-7-13-19(16)14-17(20)18-12-11-15-8-4-3-5-9-15/h8,16H,2-7,9-14H2,1H3,(H,18,20). The fraction of sp³-hybridized carbons (Fsp3) is 0.824. The van der Waals surface area contributed by atoms with E-state index in [4.69, 9.17) is 0 Å². The number of allylic oxidation sites excluding steroid dienone is 1. The van der Waals surface area contributed by atoms with E-state index in [1.54, 1.807) is 5.57 Å². The number of likely N-dealkylation sites (tertiary alicyclic amines) is 1. The van der Waals surface area contributed by atoms with Crippen LogP contribution in [0.15, 0.2) is 11.6 Å². The number of carbonyl (C=O) groups excluding carboxylic acids is 1. The van der Waals surface area contributed by atoms with Crippen LogP contribution in [0.2, 0.25) is 0 Å². The van der Waals surface area contributed by atoms with E-state index in [2.05, 4.69) is 23.2 Å². The average molecular weight is 278 g/mol. The molecule has 20 heavy (non-hydrogen) atoms. The zero-order valence-electron chi connectivity index (χ0n) is 13.0. The van der Waals surface area contributed by atoms with Gasteiger partial charge in [-0.3, -0.25) is 9.69 Å². The maximum Gasteiger partial charge on any atom is 0.234 e. The molecule has 3 nitrogen and oxygen atoms in total. The third-order valence-corrected chi connectivity index (χ3v) is 4.72. The molecule has 0 bridgehead atoms. The Morgan fingerprint density at radius 3 is 3.00 bits per heavy atom. The second kappa shape index (κ2) is 8.46. The highest BCUT2D eigenvalue weighted by molar-refractivity contribution is 5.78. The first-order valence-electron chi connectivity index (χ1n) is 8.48. The minimum Gasteiger partial charge on any atom is -0.355 e. The molecule has 1 heterocycles. The van der Waals surface area contributed by atoms with E-state index in [0.29, 0.717) is 12.6 Å². The summed E-state index contributed by atoms with van der Waals surface area (Å²) in [5.41, 5.74) is 1.54. The van der Waals surface area contributed by atoms with Gasteiger partial charge in [-0.1, -0.05) is 25.0 Å². The number of hydrogen-bond donors (Lipinski definition) is 1. The van der Waals surface area contributed by atoms with Crippen LogP contribution in [0.25, 0.3) is 0 Å². The van der Waals surface area contributed by atoms with E-state index in [9.17, 15) is 4.79 Å². The molecule has 0 saturated carbocycles. The molecule has 2 rings (SSSR count). The second-order valence-electron chi connectivity index (χ2n) is 6.24. The van der Waals surface area contributed by atoms with Crippen molar-refractivity contribution in [3.05, 3.63) is 11.6 Å². The highest BCUT2D eigenvalue weighted by atomic mass is 16.2. The normalized spacial score (nSPS) is 24.2. The van der Waals surface area contributed by atoms with Gasteiger partial charge in [0, 0.05) is 12.6 Å². The molecule has 1 atom stereocenters. The minimum absolute atomic E-state index is 0.210. The molecule has 1 fully saturated rings. The Balaban J connectivity index is 1.65. The van der Waals surface area contributed by atoms with Gasteiger partial charge in [-0.25, -0.2) is 0 Å². The van der Waals surface area contributed by atoms with Gasteiger partial charge in [0.25, 0.3) is 0 Å². The summed E-state index contributed by atoms with van der Waals surface area (Å²) in [6.07, 6.45) is 13.5. The average Bonchev–Trinajstić information content (AvgIpc) is 2.49. The summed E-state index contributed by atoms with van der Waals surface area (Å²) in [6, 6.07) is 0.621. The van der Waals surface area contributed by atoms with E-state index >= 15 is 0 Å². The number of carbonyl (C=O) groups is 1. The summed E-state index contributed by atoms with van der Waals surface area (Å²) in [5, 5.41) is 3.10. The molecule has 1 amide bonds. The number of rotatable bonds is 6. The maximum atomic E-state index is 12.0. The summed E-state index contributed by atoms with van der Waals surface area (Å²) < 4.78 is 0. The van der Waals surface area contributed by atoms with Gasteiger partial charge < -0.3 is 5.32 Å². The predicted molar refractivity (Wildman–Crippen MR) is 83.7 cm³/mol. The van der Waals surface area contributed by atoms with E-state index in [0.717, 1.165) is 19.5 Å². The van der Waals surface area contributed by atoms with Gasteiger partial charge in [0.05, 0.1) is 6.54 Å². The third kappa shape index (κ3) is 4.93. The SMILES string of the molecule is CCC1CCCCN1CC(=O)NCCC1=CCCCC1. The molecule has 0 aromatic carbocycles. The monoisotopic (exact) mass is 278 g/mol. The Morgan fingerprint density at radius 1 is 1.35 bits per heavy atom. The lowest BCUT2D eigenvalue weighted by molar-refractivity contribution is -0.123. The van der Waals surface area contributed by atoms with Crippen LogP contribution in [0.1, 0.15) is 64.7 Å². The van der Waals surface area contributed by atoms with Gasteiger partial charge in [0.15, 0.2) is 0 Å². The zero-order valence-corrected chi connectivity index (χ0v) is 13.0. The first-order chi connectivity index (χ1) is 9.79. The maximum absolute atomic E-state index is 12.0. The number of nitrogens with one attached hydrogen (secondary N) is 1. The van der Waals surface area contributed by atoms with Gasteiger partial charge in [-0.2, -0.15) is 0 Å². The molecule has 1 saturated heterocycles. The van der Waals surface area contributed by atoms with Crippen molar-refractivity contribution in [1.82, 2.24) is 10.2 Å². The van der Waals surface area contributed by atoms with Crippen LogP contribution < -0.4 is 5.32 Å². The number of amides is 1. The van der Waals surface area contributed by atoms with Crippen LogP contribution in [-0.4, -0.2) is 36.5 Å². The van der Waals surface area contributed by atoms with E-state index in [-0.39, 0.29) is 5.91 Å². The smallest absolute Gasteiger partial charge is 0.234 e. The van der Waals surface area contributed by atoms with Crippen molar-refractivity contribution >= 4 is 5.91 Å². The molecule has 114 valence electrons. The molecular weight excluding hydrogens is 248 g/mol. The molecule has 0 aromatic heterocycles. The Hall–Kier alpha value is -0.830. The topological polar surface area (TPSA) is 32.3 Å². The van der Waals surface area contributed by atoms with Crippen molar-refractivity contribution in [3.63, 3.8) is 0 Å². The van der Waals surface area contributed by atoms with E-state index in [1.165, 1.54) is 51.4 Å². The fourth-order valence-corrected chi connectivity index (χ4v) is 3.47. The summed E-state index contributed by atoms with van der Waals surface area (Å²) in [7, 11) is 0. The van der Waals surface area contributed by atoms with Gasteiger partial charge in [-0.15, -0.1) is 0 Å². The highest BCUT2D eigenvalue weighted by Crippen LogP contribution is 2.20. The Kier molecular flexibility index (Phi) is 6.58. The molecule has 0 aromatic rings. The van der Waals surface area contributed by atoms with Gasteiger partial charge in [0.2, 0.25) is 5.91 Å². The molecule has 1 unspecified atom stereocenters. The van der Waals surface area contributed by atoms with Crippen LogP contribution in [-0.2, 0) is 4.79 Å². The lowest BCUT2D eigenvalue weighted by Crippen LogP contribution is -2.45. The van der Waals surface area contributed by atoms with Crippen molar-refractivity contribution in [3.8, 4) is 0 Å². The molecular formula is C17H30N2O. The number of hydrogen-bond acceptors (Lipinski definition) is 2. The first-order valence-corrected chi connectivity index (χ1v) is 8.48. The van der Waals surface area contributed by atoms with Gasteiger partial charge >= 0.3 is 0 Å². The van der Waals surface area contributed by atoms with Crippen molar-refractivity contribution < 1.29 is 4.79 Å². The number of piperidine rings is 1. The zero-order chi connectivity index (χ0) is 14.2. The quantitative estimate of drug-likeness (QED) is 0.756. The van der Waals surface area contributed by atoms with Crippen LogP contribution in [0.4, 0.5) is 0 Å². The Bertz CT molecular complexity index is 338. The van der Waals surface area contributed by atoms with Crippen molar-refractivity contribution in [1.29, 1.82) is 0 Å². The van der Waals surface area contributed by atoms with Crippen molar-refractivity contribution in [2.75, 3.05) is 19.6 Å². The van der Waals surface area contributed by atoms with E-state index < -0.39 is 0 Å². The fourth-order valence-electron chi connectivity index (χ4n) is 3.47. The molecule has 1 aliphatic heterocycles. The van der Waals surface area contributed by atoms with Crippen LogP contribution in [0.3, 0.4) is 0 Å². The van der Waals surface area contributed by atoms with Crippen molar-refractivity contribution in [2.45, 2.75) is 70.8 Å². The summed E-state index contributed by atoms with van der Waals surface area (Å²) in [4.78, 5) is 14.4. The van der Waals surface area contributed by atoms with Crippen molar-refractivity contribution in [2.24, 2.45) is 0 Å². The Labute approximate surface area is 123 Å². The first kappa shape index (κ1) is 15.6. The summed E-state index contributed by atoms with van der Waals surface area (Å²) >= 11 is 0. The Morgan fingerprint density at radius 2 is 2.25 bits per heavy atom. The third-order valence-electron chi connectivity index (χ3n) is 4.72. The summed E-state index contributed by atoms with van der Waals surface area (Å²) in [6.45, 7) is 4.74. The highest BCUT2D eigenvalue weighted by Gasteiger charge is 2.22. The van der Waals surface area contributed by atoms with Crippen LogP contribution in [0, 0.1) is 0 Å². The predicted octanol–water partition coefficient (Wildman–Crippen LogP) is 3.26. The lowest BCUT2D eigenvalue weighted by Gasteiger charge is -2.34. The van der Waals surface area contributed by atoms with Gasteiger partial charge in [0.1, 0.15) is 0 Å². The van der Waals surface area contributed by atoms with Crippen LogP contribution >= 0.6 is 0 Å². The molecule has 0 spiro atoms. The molecule has 1 N–H and O–H groups in total. The largest absolute Gasteiger partial charge is 0.355 e. The lowest BCUT2D eigenvalue weighted by atomic mass is 9.97. The van der Waals surface area contributed by atoms with Crippen LogP contribution in [0.5, 0.6) is 0 Å². The molecule has 0 radical (unpaired) electrons.